The van der Waals surface area contributed by atoms with Gasteiger partial charge in [0, 0.05) is 59.4 Å². The van der Waals surface area contributed by atoms with Gasteiger partial charge in [0.2, 0.25) is 0 Å². The Bertz CT molecular complexity index is 1880. The molecule has 256 valence electrons. The number of amides is 3. The molecule has 11 nitrogen and oxygen atoms in total. The summed E-state index contributed by atoms with van der Waals surface area (Å²) in [5.74, 6) is -0.952. The third kappa shape index (κ3) is 8.09. The van der Waals surface area contributed by atoms with Gasteiger partial charge in [-0.3, -0.25) is 9.59 Å². The van der Waals surface area contributed by atoms with E-state index in [0.29, 0.717) is 47.7 Å². The maximum absolute atomic E-state index is 14.5. The van der Waals surface area contributed by atoms with Gasteiger partial charge < -0.3 is 29.7 Å². The van der Waals surface area contributed by atoms with Crippen molar-refractivity contribution < 1.29 is 33.4 Å². The summed E-state index contributed by atoms with van der Waals surface area (Å²) < 4.78 is 16.6. The van der Waals surface area contributed by atoms with E-state index in [-0.39, 0.29) is 23.8 Å². The van der Waals surface area contributed by atoms with Gasteiger partial charge in [-0.2, -0.15) is 0 Å². The van der Waals surface area contributed by atoms with Gasteiger partial charge in [-0.25, -0.2) is 14.6 Å². The van der Waals surface area contributed by atoms with Crippen LogP contribution in [0.3, 0.4) is 0 Å². The Balaban J connectivity index is 1.55. The predicted molar refractivity (Wildman–Crippen MR) is 188 cm³/mol. The van der Waals surface area contributed by atoms with E-state index in [1.165, 1.54) is 18.1 Å². The Morgan fingerprint density at radius 2 is 1.73 bits per heavy atom. The average molecular weight is 685 g/mol. The molecule has 0 unspecified atom stereocenters. The Hall–Kier alpha value is -5.23. The second kappa shape index (κ2) is 14.9. The molecule has 0 fully saturated rings. The number of hydrogen-bond acceptors (Lipinski definition) is 9. The highest BCUT2D eigenvalue weighted by Crippen LogP contribution is 2.43. The van der Waals surface area contributed by atoms with Crippen LogP contribution in [0.25, 0.3) is 21.6 Å². The summed E-state index contributed by atoms with van der Waals surface area (Å²) in [6.45, 7) is 8.47. The predicted octanol–water partition coefficient (Wildman–Crippen LogP) is 6.64. The summed E-state index contributed by atoms with van der Waals surface area (Å²) in [7, 11) is 2.90. The highest BCUT2D eigenvalue weighted by atomic mass is 32.1. The first-order valence-corrected chi connectivity index (χ1v) is 16.9. The van der Waals surface area contributed by atoms with Crippen molar-refractivity contribution in [3.05, 3.63) is 88.1 Å². The number of hydrogen-bond donors (Lipinski definition) is 2. The van der Waals surface area contributed by atoms with Crippen LogP contribution < -0.4 is 20.3 Å². The minimum atomic E-state index is -0.751. The molecule has 49 heavy (non-hydrogen) atoms. The fourth-order valence-corrected chi connectivity index (χ4v) is 6.30. The first kappa shape index (κ1) is 35.1. The normalized spacial score (nSPS) is 12.0. The van der Waals surface area contributed by atoms with Crippen molar-refractivity contribution in [2.75, 3.05) is 32.2 Å². The summed E-state index contributed by atoms with van der Waals surface area (Å²) in [5, 5.41) is 7.53. The smallest absolute Gasteiger partial charge is 0.407 e. The minimum absolute atomic E-state index is 0.0538. The number of benzene rings is 2. The first-order valence-electron chi connectivity index (χ1n) is 16.0. The van der Waals surface area contributed by atoms with Crippen LogP contribution in [0.15, 0.2) is 60.0 Å². The fraction of sp³-hybridized carbons (Fsp3) is 0.324. The number of pyridine rings is 1. The van der Waals surface area contributed by atoms with Gasteiger partial charge in [0.15, 0.2) is 5.69 Å². The van der Waals surface area contributed by atoms with Crippen molar-refractivity contribution in [2.45, 2.75) is 52.7 Å². The molecule has 12 heteroatoms. The van der Waals surface area contributed by atoms with Crippen LogP contribution in [0, 0.1) is 0 Å². The summed E-state index contributed by atoms with van der Waals surface area (Å²) >= 11 is 1.57. The Morgan fingerprint density at radius 1 is 0.980 bits per heavy atom. The molecule has 2 aromatic carbocycles. The molecule has 1 aliphatic heterocycles. The van der Waals surface area contributed by atoms with Gasteiger partial charge in [0.25, 0.3) is 11.8 Å². The fourth-order valence-electron chi connectivity index (χ4n) is 5.32. The number of fused-ring (bicyclic) bond motifs is 3. The van der Waals surface area contributed by atoms with Crippen LogP contribution in [0.1, 0.15) is 76.6 Å². The first-order chi connectivity index (χ1) is 23.4. The number of ether oxygens (including phenoxy) is 3. The lowest BCUT2D eigenvalue weighted by Gasteiger charge is -2.22. The number of carbonyl (C=O) groups is 4. The number of nitrogens with zero attached hydrogens (tertiary/aromatic N) is 2. The highest BCUT2D eigenvalue weighted by Gasteiger charge is 2.28. The summed E-state index contributed by atoms with van der Waals surface area (Å²) in [4.78, 5) is 59.4. The van der Waals surface area contributed by atoms with E-state index >= 15 is 0 Å². The van der Waals surface area contributed by atoms with E-state index in [2.05, 4.69) is 21.7 Å². The van der Waals surface area contributed by atoms with E-state index in [1.807, 2.05) is 24.4 Å². The third-order valence-corrected chi connectivity index (χ3v) is 8.76. The number of rotatable bonds is 9. The maximum atomic E-state index is 14.5. The van der Waals surface area contributed by atoms with Crippen molar-refractivity contribution >= 4 is 40.9 Å². The number of methoxy groups -OCH3 is 1. The Kier molecular flexibility index (Phi) is 10.7. The lowest BCUT2D eigenvalue weighted by Crippen LogP contribution is -2.32. The van der Waals surface area contributed by atoms with Gasteiger partial charge >= 0.3 is 12.1 Å². The number of nitrogens with one attached hydrogen (secondary N) is 2. The average Bonchev–Trinajstić information content (AvgIpc) is 3.49. The van der Waals surface area contributed by atoms with Gasteiger partial charge in [-0.05, 0) is 86.2 Å². The van der Waals surface area contributed by atoms with Crippen LogP contribution in [0.5, 0.6) is 5.75 Å². The van der Waals surface area contributed by atoms with E-state index in [4.69, 9.17) is 14.2 Å². The zero-order valence-corrected chi connectivity index (χ0v) is 29.3. The Labute approximate surface area is 289 Å². The summed E-state index contributed by atoms with van der Waals surface area (Å²) in [5.41, 5.74) is 3.69. The number of anilines is 1. The summed E-state index contributed by atoms with van der Waals surface area (Å²) in [6.07, 6.45) is 0.921. The molecule has 4 aromatic rings. The second-order valence-corrected chi connectivity index (χ2v) is 13.4. The van der Waals surface area contributed by atoms with E-state index < -0.39 is 23.6 Å². The van der Waals surface area contributed by atoms with Crippen molar-refractivity contribution in [3.63, 3.8) is 0 Å². The van der Waals surface area contributed by atoms with Crippen LogP contribution in [0.2, 0.25) is 0 Å². The second-order valence-electron chi connectivity index (χ2n) is 12.5. The number of aromatic nitrogens is 1. The van der Waals surface area contributed by atoms with Crippen molar-refractivity contribution in [1.82, 2.24) is 15.6 Å². The van der Waals surface area contributed by atoms with Crippen LogP contribution in [-0.2, 0) is 22.4 Å². The molecule has 0 saturated heterocycles. The third-order valence-electron chi connectivity index (χ3n) is 7.77. The largest absolute Gasteiger partial charge is 0.493 e. The van der Waals surface area contributed by atoms with Crippen LogP contribution in [0.4, 0.5) is 10.5 Å². The van der Waals surface area contributed by atoms with Gasteiger partial charge in [-0.15, -0.1) is 11.3 Å². The molecule has 5 rings (SSSR count). The number of carbonyl (C=O) groups excluding carboxylic acids is 4. The number of thiophene rings is 1. The molecule has 0 spiro atoms. The SMILES string of the molecule is CCCNC(=O)c1ccc(-c2cc3c(cc2C(=O)N(C)c2ccc(CNC(=O)OC(C)(C)C)cc2)-c2sccc2CCO3)c(C(=O)OC)n1. The molecule has 0 radical (unpaired) electrons. The molecule has 3 heterocycles. The number of alkyl carbamates (subject to hydrolysis) is 1. The zero-order chi connectivity index (χ0) is 35.3. The van der Waals surface area contributed by atoms with Gasteiger partial charge in [0.05, 0.1) is 13.7 Å². The van der Waals surface area contributed by atoms with Crippen LogP contribution in [-0.4, -0.2) is 61.8 Å². The lowest BCUT2D eigenvalue weighted by molar-refractivity contribution is 0.0522. The quantitative estimate of drug-likeness (QED) is 0.187. The van der Waals surface area contributed by atoms with Crippen molar-refractivity contribution in [2.24, 2.45) is 0 Å². The zero-order valence-electron chi connectivity index (χ0n) is 28.5. The molecule has 0 bridgehead atoms. The number of esters is 1. The molecule has 3 amide bonds. The lowest BCUT2D eigenvalue weighted by atomic mass is 9.93. The van der Waals surface area contributed by atoms with Crippen molar-refractivity contribution in [3.8, 4) is 27.3 Å². The molecule has 0 aliphatic carbocycles. The van der Waals surface area contributed by atoms with E-state index in [0.717, 1.165) is 28.0 Å². The molecule has 1 aliphatic rings. The maximum Gasteiger partial charge on any atom is 0.407 e. The molecular weight excluding hydrogens is 644 g/mol. The highest BCUT2D eigenvalue weighted by molar-refractivity contribution is 7.13. The van der Waals surface area contributed by atoms with Gasteiger partial charge in [0.1, 0.15) is 17.0 Å². The molecule has 2 aromatic heterocycles. The van der Waals surface area contributed by atoms with Gasteiger partial charge in [-0.1, -0.05) is 19.1 Å². The molecule has 2 N–H and O–H groups in total. The minimum Gasteiger partial charge on any atom is -0.493 e. The standard InChI is InChI=1S/C37H40N4O7S/c1-7-16-38-33(42)29-13-12-25(31(40-29)35(44)46-6)26-20-30-28(32-23(14-17-47-30)15-18-49-32)19-27(26)34(43)41(5)24-10-8-22(9-11-24)21-39-36(45)48-37(2,3)4/h8-13,15,18-20H,7,14,16-17,21H2,1-6H3,(H,38,42)(H,39,45). The monoisotopic (exact) mass is 684 g/mol. The topological polar surface area (TPSA) is 136 Å². The molecule has 0 atom stereocenters. The van der Waals surface area contributed by atoms with E-state index in [9.17, 15) is 19.2 Å². The van der Waals surface area contributed by atoms with E-state index in [1.54, 1.807) is 69.5 Å². The van der Waals surface area contributed by atoms with Crippen molar-refractivity contribution in [1.29, 1.82) is 0 Å². The molecule has 0 saturated carbocycles. The summed E-state index contributed by atoms with van der Waals surface area (Å²) in [6, 6.07) is 16.0. The van der Waals surface area contributed by atoms with Crippen LogP contribution >= 0.6 is 11.3 Å². The molecular formula is C37H40N4O7S. The Morgan fingerprint density at radius 3 is 2.43 bits per heavy atom.